The normalized spacial score (nSPS) is 17.8. The van der Waals surface area contributed by atoms with E-state index in [9.17, 15) is 19.2 Å². The Morgan fingerprint density at radius 3 is 2.50 bits per heavy atom. The summed E-state index contributed by atoms with van der Waals surface area (Å²) >= 11 is 0. The second-order valence-corrected chi connectivity index (χ2v) is 7.19. The number of amides is 3. The number of esters is 1. The first-order valence-electron chi connectivity index (χ1n) is 9.64. The molecule has 1 N–H and O–H groups in total. The Bertz CT molecular complexity index is 1020. The van der Waals surface area contributed by atoms with E-state index in [-0.39, 0.29) is 30.0 Å². The van der Waals surface area contributed by atoms with Gasteiger partial charge in [-0.3, -0.25) is 24.1 Å². The van der Waals surface area contributed by atoms with E-state index in [1.165, 1.54) is 42.2 Å². The highest BCUT2D eigenvalue weighted by Gasteiger charge is 2.37. The maximum Gasteiger partial charge on any atom is 0.308 e. The number of nitrogens with zero attached hydrogens (tertiary/aromatic N) is 1. The van der Waals surface area contributed by atoms with Gasteiger partial charge >= 0.3 is 5.97 Å². The van der Waals surface area contributed by atoms with Crippen molar-refractivity contribution in [1.29, 1.82) is 0 Å². The zero-order chi connectivity index (χ0) is 21.3. The molecule has 0 spiro atoms. The van der Waals surface area contributed by atoms with Crippen LogP contribution in [0.2, 0.25) is 0 Å². The van der Waals surface area contributed by atoms with Gasteiger partial charge in [-0.2, -0.15) is 0 Å². The molecule has 2 aliphatic rings. The van der Waals surface area contributed by atoms with Gasteiger partial charge in [-0.25, -0.2) is 0 Å². The highest BCUT2D eigenvalue weighted by Crippen LogP contribution is 2.27. The molecular formula is C22H20N2O6. The quantitative estimate of drug-likeness (QED) is 0.464. The summed E-state index contributed by atoms with van der Waals surface area (Å²) in [4.78, 5) is 50.0. The Morgan fingerprint density at radius 1 is 1.10 bits per heavy atom. The number of benzene rings is 2. The SMILES string of the molecule is CC(=O)Oc1ccc(C(=O)Nc2ccc3c(c2)C(=O)N(C[C@H]2CCCO2)C3=O)cc1. The van der Waals surface area contributed by atoms with Crippen LogP contribution >= 0.6 is 0 Å². The number of hydrogen-bond donors (Lipinski definition) is 1. The molecule has 2 aromatic carbocycles. The third kappa shape index (κ3) is 3.95. The van der Waals surface area contributed by atoms with E-state index >= 15 is 0 Å². The number of fused-ring (bicyclic) bond motifs is 1. The van der Waals surface area contributed by atoms with Gasteiger partial charge in [0.2, 0.25) is 0 Å². The van der Waals surface area contributed by atoms with Crippen molar-refractivity contribution in [2.75, 3.05) is 18.5 Å². The summed E-state index contributed by atoms with van der Waals surface area (Å²) in [6.45, 7) is 2.18. The lowest BCUT2D eigenvalue weighted by Crippen LogP contribution is -2.36. The first kappa shape index (κ1) is 19.8. The molecule has 2 heterocycles. The Balaban J connectivity index is 1.46. The first-order chi connectivity index (χ1) is 14.4. The molecule has 30 heavy (non-hydrogen) atoms. The van der Waals surface area contributed by atoms with Gasteiger partial charge in [0.1, 0.15) is 5.75 Å². The fourth-order valence-electron chi connectivity index (χ4n) is 3.57. The number of rotatable bonds is 5. The maximum atomic E-state index is 12.7. The molecular weight excluding hydrogens is 388 g/mol. The van der Waals surface area contributed by atoms with Crippen molar-refractivity contribution in [3.63, 3.8) is 0 Å². The summed E-state index contributed by atoms with van der Waals surface area (Å²) < 4.78 is 10.5. The molecule has 8 heteroatoms. The van der Waals surface area contributed by atoms with E-state index in [4.69, 9.17) is 9.47 Å². The number of imide groups is 1. The van der Waals surface area contributed by atoms with Gasteiger partial charge in [0.05, 0.1) is 23.8 Å². The van der Waals surface area contributed by atoms with Gasteiger partial charge in [0.15, 0.2) is 0 Å². The highest BCUT2D eigenvalue weighted by atomic mass is 16.5. The van der Waals surface area contributed by atoms with E-state index in [2.05, 4.69) is 5.32 Å². The average Bonchev–Trinajstić information content (AvgIpc) is 3.31. The minimum atomic E-state index is -0.446. The van der Waals surface area contributed by atoms with Gasteiger partial charge in [-0.05, 0) is 55.3 Å². The molecule has 1 fully saturated rings. The van der Waals surface area contributed by atoms with Crippen molar-refractivity contribution >= 4 is 29.4 Å². The van der Waals surface area contributed by atoms with Gasteiger partial charge in [0, 0.05) is 24.8 Å². The van der Waals surface area contributed by atoms with E-state index < -0.39 is 11.9 Å². The summed E-state index contributed by atoms with van der Waals surface area (Å²) in [5.41, 5.74) is 1.35. The van der Waals surface area contributed by atoms with Crippen LogP contribution < -0.4 is 10.1 Å². The predicted molar refractivity (Wildman–Crippen MR) is 106 cm³/mol. The average molecular weight is 408 g/mol. The van der Waals surface area contributed by atoms with Gasteiger partial charge < -0.3 is 14.8 Å². The van der Waals surface area contributed by atoms with E-state index in [0.29, 0.717) is 29.2 Å². The number of carbonyl (C=O) groups is 4. The van der Waals surface area contributed by atoms with Crippen LogP contribution in [0.4, 0.5) is 5.69 Å². The molecule has 1 atom stereocenters. The Kier molecular flexibility index (Phi) is 5.33. The summed E-state index contributed by atoms with van der Waals surface area (Å²) in [5, 5.41) is 2.72. The van der Waals surface area contributed by atoms with Gasteiger partial charge in [0.25, 0.3) is 17.7 Å². The number of nitrogens with one attached hydrogen (secondary N) is 1. The van der Waals surface area contributed by atoms with Crippen molar-refractivity contribution in [3.05, 3.63) is 59.2 Å². The van der Waals surface area contributed by atoms with Crippen LogP contribution in [0.1, 0.15) is 50.8 Å². The summed E-state index contributed by atoms with van der Waals surface area (Å²) in [6.07, 6.45) is 1.62. The smallest absolute Gasteiger partial charge is 0.308 e. The Morgan fingerprint density at radius 2 is 1.83 bits per heavy atom. The van der Waals surface area contributed by atoms with Crippen LogP contribution in [-0.2, 0) is 9.53 Å². The highest BCUT2D eigenvalue weighted by molar-refractivity contribution is 6.22. The van der Waals surface area contributed by atoms with Crippen molar-refractivity contribution in [3.8, 4) is 5.75 Å². The number of anilines is 1. The molecule has 0 bridgehead atoms. The van der Waals surface area contributed by atoms with Crippen LogP contribution in [0.5, 0.6) is 5.75 Å². The molecule has 2 aromatic rings. The molecule has 0 aromatic heterocycles. The minimum absolute atomic E-state index is 0.124. The molecule has 1 saturated heterocycles. The maximum absolute atomic E-state index is 12.7. The van der Waals surface area contributed by atoms with Crippen LogP contribution in [-0.4, -0.2) is 47.8 Å². The van der Waals surface area contributed by atoms with Crippen molar-refractivity contribution in [2.24, 2.45) is 0 Å². The number of ether oxygens (including phenoxy) is 2. The van der Waals surface area contributed by atoms with Crippen molar-refractivity contribution < 1.29 is 28.7 Å². The van der Waals surface area contributed by atoms with E-state index in [0.717, 1.165) is 12.8 Å². The second kappa shape index (κ2) is 8.08. The first-order valence-corrected chi connectivity index (χ1v) is 9.64. The Hall–Kier alpha value is -3.52. The minimum Gasteiger partial charge on any atom is -0.427 e. The van der Waals surface area contributed by atoms with E-state index in [1.54, 1.807) is 12.1 Å². The summed E-state index contributed by atoms with van der Waals surface area (Å²) in [5.74, 6) is -1.22. The summed E-state index contributed by atoms with van der Waals surface area (Å²) in [7, 11) is 0. The topological polar surface area (TPSA) is 102 Å². The standard InChI is InChI=1S/C22H20N2O6/c1-13(25)30-16-7-4-14(5-8-16)20(26)23-15-6-9-18-19(11-15)22(28)24(21(18)27)12-17-3-2-10-29-17/h4-9,11,17H,2-3,10,12H2,1H3,(H,23,26)/t17-/m1/s1. The van der Waals surface area contributed by atoms with Crippen LogP contribution in [0.25, 0.3) is 0 Å². The fourth-order valence-corrected chi connectivity index (χ4v) is 3.57. The molecule has 2 aliphatic heterocycles. The molecule has 3 amide bonds. The van der Waals surface area contributed by atoms with Crippen LogP contribution in [0.3, 0.4) is 0 Å². The monoisotopic (exact) mass is 408 g/mol. The molecule has 0 saturated carbocycles. The molecule has 0 unspecified atom stereocenters. The molecule has 4 rings (SSSR count). The lowest BCUT2D eigenvalue weighted by molar-refractivity contribution is -0.131. The van der Waals surface area contributed by atoms with E-state index in [1.807, 2.05) is 0 Å². The molecule has 0 aliphatic carbocycles. The molecule has 0 radical (unpaired) electrons. The molecule has 8 nitrogen and oxygen atoms in total. The zero-order valence-corrected chi connectivity index (χ0v) is 16.3. The van der Waals surface area contributed by atoms with Crippen molar-refractivity contribution in [2.45, 2.75) is 25.9 Å². The third-order valence-electron chi connectivity index (χ3n) is 5.02. The number of carbonyl (C=O) groups excluding carboxylic acids is 4. The van der Waals surface area contributed by atoms with Gasteiger partial charge in [-0.1, -0.05) is 0 Å². The van der Waals surface area contributed by atoms with Crippen LogP contribution in [0, 0.1) is 0 Å². The third-order valence-corrected chi connectivity index (χ3v) is 5.02. The number of hydrogen-bond acceptors (Lipinski definition) is 6. The lowest BCUT2D eigenvalue weighted by atomic mass is 10.1. The lowest BCUT2D eigenvalue weighted by Gasteiger charge is -2.17. The van der Waals surface area contributed by atoms with Crippen LogP contribution in [0.15, 0.2) is 42.5 Å². The zero-order valence-electron chi connectivity index (χ0n) is 16.3. The molecule has 154 valence electrons. The fraction of sp³-hybridized carbons (Fsp3) is 0.273. The Labute approximate surface area is 172 Å². The second-order valence-electron chi connectivity index (χ2n) is 7.19. The largest absolute Gasteiger partial charge is 0.427 e. The van der Waals surface area contributed by atoms with Crippen molar-refractivity contribution in [1.82, 2.24) is 4.90 Å². The predicted octanol–water partition coefficient (Wildman–Crippen LogP) is 2.64. The van der Waals surface area contributed by atoms with Gasteiger partial charge in [-0.15, -0.1) is 0 Å². The summed E-state index contributed by atoms with van der Waals surface area (Å²) in [6, 6.07) is 10.7.